The molecule has 0 saturated carbocycles. The van der Waals surface area contributed by atoms with Gasteiger partial charge in [-0.05, 0) is 30.5 Å². The van der Waals surface area contributed by atoms with Crippen LogP contribution in [0, 0.1) is 11.6 Å². The maximum Gasteiger partial charge on any atom is 0.163 e. The van der Waals surface area contributed by atoms with E-state index in [1.165, 1.54) is 10.9 Å². The quantitative estimate of drug-likeness (QED) is 0.839. The fourth-order valence-electron chi connectivity index (χ4n) is 2.26. The second kappa shape index (κ2) is 7.64. The second-order valence-corrected chi connectivity index (χ2v) is 6.02. The van der Waals surface area contributed by atoms with Crippen molar-refractivity contribution in [2.24, 2.45) is 5.73 Å². The highest BCUT2D eigenvalue weighted by Gasteiger charge is 2.15. The minimum absolute atomic E-state index is 0.252. The van der Waals surface area contributed by atoms with Crippen molar-refractivity contribution in [3.05, 3.63) is 57.8 Å². The molecule has 114 valence electrons. The lowest BCUT2D eigenvalue weighted by Crippen LogP contribution is -2.27. The number of hydrogen-bond acceptors (Lipinski definition) is 3. The van der Waals surface area contributed by atoms with Crippen LogP contribution in [-0.4, -0.2) is 18.0 Å². The SMILES string of the molecule is CCN(CCC(N)c1cccc(F)c1F)Cc1cccs1. The van der Waals surface area contributed by atoms with Crippen molar-refractivity contribution < 1.29 is 8.78 Å². The standard InChI is InChI=1S/C16H20F2N2S/c1-2-20(11-12-5-4-10-21-12)9-8-15(19)13-6-3-7-14(17)16(13)18/h3-7,10,15H,2,8-9,11,19H2,1H3. The van der Waals surface area contributed by atoms with Crippen LogP contribution >= 0.6 is 11.3 Å². The third kappa shape index (κ3) is 4.33. The molecule has 0 spiro atoms. The summed E-state index contributed by atoms with van der Waals surface area (Å²) in [6.07, 6.45) is 0.597. The van der Waals surface area contributed by atoms with Crippen LogP contribution in [0.1, 0.15) is 29.8 Å². The smallest absolute Gasteiger partial charge is 0.163 e. The van der Waals surface area contributed by atoms with E-state index in [1.807, 2.05) is 6.07 Å². The molecule has 0 aliphatic heterocycles. The number of rotatable bonds is 7. The molecule has 0 amide bonds. The molecule has 2 N–H and O–H groups in total. The Hall–Kier alpha value is -1.30. The first kappa shape index (κ1) is 16.1. The summed E-state index contributed by atoms with van der Waals surface area (Å²) in [4.78, 5) is 3.55. The molecule has 5 heteroatoms. The molecule has 1 unspecified atom stereocenters. The Kier molecular flexibility index (Phi) is 5.85. The summed E-state index contributed by atoms with van der Waals surface area (Å²) in [6.45, 7) is 4.61. The minimum atomic E-state index is -0.839. The summed E-state index contributed by atoms with van der Waals surface area (Å²) in [5, 5.41) is 2.05. The maximum atomic E-state index is 13.7. The van der Waals surface area contributed by atoms with Crippen molar-refractivity contribution in [3.8, 4) is 0 Å². The number of benzene rings is 1. The van der Waals surface area contributed by atoms with Gasteiger partial charge in [-0.15, -0.1) is 11.3 Å². The molecular weight excluding hydrogens is 290 g/mol. The number of thiophene rings is 1. The molecule has 1 atom stereocenters. The lowest BCUT2D eigenvalue weighted by molar-refractivity contribution is 0.269. The zero-order valence-electron chi connectivity index (χ0n) is 12.1. The van der Waals surface area contributed by atoms with Gasteiger partial charge in [-0.3, -0.25) is 4.90 Å². The average Bonchev–Trinajstić information content (AvgIpc) is 2.99. The molecular formula is C16H20F2N2S. The highest BCUT2D eigenvalue weighted by atomic mass is 32.1. The summed E-state index contributed by atoms with van der Waals surface area (Å²) in [5.74, 6) is -1.67. The Labute approximate surface area is 128 Å². The van der Waals surface area contributed by atoms with Crippen LogP contribution < -0.4 is 5.73 Å². The van der Waals surface area contributed by atoms with Crippen molar-refractivity contribution in [2.75, 3.05) is 13.1 Å². The zero-order chi connectivity index (χ0) is 15.2. The lowest BCUT2D eigenvalue weighted by Gasteiger charge is -2.22. The van der Waals surface area contributed by atoms with Crippen molar-refractivity contribution in [3.63, 3.8) is 0 Å². The molecule has 2 aromatic rings. The van der Waals surface area contributed by atoms with Gasteiger partial charge in [0.05, 0.1) is 0 Å². The molecule has 0 aliphatic rings. The Morgan fingerprint density at radius 2 is 2.05 bits per heavy atom. The second-order valence-electron chi connectivity index (χ2n) is 4.99. The molecule has 2 nitrogen and oxygen atoms in total. The van der Waals surface area contributed by atoms with Crippen LogP contribution in [0.5, 0.6) is 0 Å². The van der Waals surface area contributed by atoms with Crippen molar-refractivity contribution >= 4 is 11.3 Å². The molecule has 1 heterocycles. The van der Waals surface area contributed by atoms with E-state index in [2.05, 4.69) is 23.3 Å². The predicted octanol–water partition coefficient (Wildman–Crippen LogP) is 3.94. The Balaban J connectivity index is 1.92. The Morgan fingerprint density at radius 1 is 1.24 bits per heavy atom. The highest BCUT2D eigenvalue weighted by molar-refractivity contribution is 7.09. The minimum Gasteiger partial charge on any atom is -0.324 e. The van der Waals surface area contributed by atoms with Gasteiger partial charge < -0.3 is 5.73 Å². The molecule has 0 saturated heterocycles. The van der Waals surface area contributed by atoms with Crippen LogP contribution in [0.3, 0.4) is 0 Å². The van der Waals surface area contributed by atoms with Gasteiger partial charge in [0.1, 0.15) is 0 Å². The van der Waals surface area contributed by atoms with Gasteiger partial charge in [-0.25, -0.2) is 8.78 Å². The number of nitrogens with two attached hydrogens (primary N) is 1. The number of hydrogen-bond donors (Lipinski definition) is 1. The number of nitrogens with zero attached hydrogens (tertiary/aromatic N) is 1. The monoisotopic (exact) mass is 310 g/mol. The van der Waals surface area contributed by atoms with Crippen LogP contribution in [0.2, 0.25) is 0 Å². The highest BCUT2D eigenvalue weighted by Crippen LogP contribution is 2.21. The van der Waals surface area contributed by atoms with Crippen LogP contribution in [0.25, 0.3) is 0 Å². The van der Waals surface area contributed by atoms with E-state index < -0.39 is 17.7 Å². The molecule has 1 aromatic carbocycles. The molecule has 0 fully saturated rings. The van der Waals surface area contributed by atoms with E-state index in [-0.39, 0.29) is 5.56 Å². The largest absolute Gasteiger partial charge is 0.324 e. The van der Waals surface area contributed by atoms with Crippen molar-refractivity contribution in [2.45, 2.75) is 25.9 Å². The maximum absolute atomic E-state index is 13.7. The lowest BCUT2D eigenvalue weighted by atomic mass is 10.0. The summed E-state index contributed by atoms with van der Waals surface area (Å²) in [5.41, 5.74) is 6.26. The number of halogens is 2. The topological polar surface area (TPSA) is 29.3 Å². The van der Waals surface area contributed by atoms with Gasteiger partial charge in [-0.2, -0.15) is 0 Å². The summed E-state index contributed by atoms with van der Waals surface area (Å²) < 4.78 is 26.9. The van der Waals surface area contributed by atoms with Crippen LogP contribution in [0.15, 0.2) is 35.7 Å². The predicted molar refractivity (Wildman–Crippen MR) is 83.2 cm³/mol. The van der Waals surface area contributed by atoms with E-state index in [0.717, 1.165) is 25.7 Å². The molecule has 1 aromatic heterocycles. The fourth-order valence-corrected chi connectivity index (χ4v) is 3.00. The van der Waals surface area contributed by atoms with E-state index in [1.54, 1.807) is 17.4 Å². The van der Waals surface area contributed by atoms with E-state index in [0.29, 0.717) is 6.42 Å². The average molecular weight is 310 g/mol. The van der Waals surface area contributed by atoms with E-state index in [4.69, 9.17) is 5.73 Å². The van der Waals surface area contributed by atoms with E-state index in [9.17, 15) is 8.78 Å². The summed E-state index contributed by atoms with van der Waals surface area (Å²) in [7, 11) is 0. The third-order valence-corrected chi connectivity index (χ3v) is 4.41. The zero-order valence-corrected chi connectivity index (χ0v) is 12.9. The Bertz CT molecular complexity index is 557. The van der Waals surface area contributed by atoms with Gasteiger partial charge in [0, 0.05) is 29.6 Å². The molecule has 21 heavy (non-hydrogen) atoms. The van der Waals surface area contributed by atoms with Crippen molar-refractivity contribution in [1.82, 2.24) is 4.90 Å². The molecule has 0 aliphatic carbocycles. The first-order chi connectivity index (χ1) is 10.1. The molecule has 0 bridgehead atoms. The van der Waals surface area contributed by atoms with Gasteiger partial charge in [0.15, 0.2) is 11.6 Å². The van der Waals surface area contributed by atoms with Crippen molar-refractivity contribution in [1.29, 1.82) is 0 Å². The van der Waals surface area contributed by atoms with Gasteiger partial charge in [0.2, 0.25) is 0 Å². The fraction of sp³-hybridized carbons (Fsp3) is 0.375. The molecule has 2 rings (SSSR count). The molecule has 0 radical (unpaired) electrons. The first-order valence-corrected chi connectivity index (χ1v) is 7.94. The normalized spacial score (nSPS) is 12.8. The van der Waals surface area contributed by atoms with Gasteiger partial charge in [0.25, 0.3) is 0 Å². The first-order valence-electron chi connectivity index (χ1n) is 7.06. The van der Waals surface area contributed by atoms with Gasteiger partial charge in [-0.1, -0.05) is 25.1 Å². The Morgan fingerprint density at radius 3 is 2.71 bits per heavy atom. The third-order valence-electron chi connectivity index (χ3n) is 3.54. The van der Waals surface area contributed by atoms with Crippen LogP contribution in [-0.2, 0) is 6.54 Å². The summed E-state index contributed by atoms with van der Waals surface area (Å²) >= 11 is 1.72. The summed E-state index contributed by atoms with van der Waals surface area (Å²) in [6, 6.07) is 7.80. The van der Waals surface area contributed by atoms with Gasteiger partial charge >= 0.3 is 0 Å². The van der Waals surface area contributed by atoms with E-state index >= 15 is 0 Å². The van der Waals surface area contributed by atoms with Crippen LogP contribution in [0.4, 0.5) is 8.78 Å².